The topological polar surface area (TPSA) is 38.8 Å². The van der Waals surface area contributed by atoms with Crippen LogP contribution in [0.2, 0.25) is 0 Å². The lowest BCUT2D eigenvalue weighted by molar-refractivity contribution is 0.0651. The van der Waals surface area contributed by atoms with Gasteiger partial charge in [-0.15, -0.1) is 11.3 Å². The number of thiophene rings is 1. The molecule has 24 heavy (non-hydrogen) atoms. The first-order valence-corrected chi connectivity index (χ1v) is 9.16. The Balaban J connectivity index is 1.94. The van der Waals surface area contributed by atoms with E-state index in [9.17, 15) is 4.79 Å². The highest BCUT2D eigenvalue weighted by Crippen LogP contribution is 2.37. The summed E-state index contributed by atoms with van der Waals surface area (Å²) in [6.07, 6.45) is 2.96. The Labute approximate surface area is 147 Å². The van der Waals surface area contributed by atoms with Crippen LogP contribution in [0.3, 0.4) is 0 Å². The van der Waals surface area contributed by atoms with Crippen molar-refractivity contribution in [3.8, 4) is 11.5 Å². The minimum atomic E-state index is 0.0440. The van der Waals surface area contributed by atoms with Gasteiger partial charge in [-0.2, -0.15) is 0 Å². The first-order chi connectivity index (χ1) is 11.7. The molecule has 128 valence electrons. The van der Waals surface area contributed by atoms with Gasteiger partial charge in [-0.25, -0.2) is 0 Å². The van der Waals surface area contributed by atoms with Crippen LogP contribution in [0.25, 0.3) is 0 Å². The van der Waals surface area contributed by atoms with E-state index in [1.165, 1.54) is 10.4 Å². The second-order valence-corrected chi connectivity index (χ2v) is 6.95. The number of fused-ring (bicyclic) bond motifs is 1. The summed E-state index contributed by atoms with van der Waals surface area (Å²) in [4.78, 5) is 16.6. The molecule has 0 spiro atoms. The van der Waals surface area contributed by atoms with Gasteiger partial charge < -0.3 is 14.4 Å². The summed E-state index contributed by atoms with van der Waals surface area (Å²) in [5.74, 6) is 1.32. The molecule has 4 nitrogen and oxygen atoms in total. The van der Waals surface area contributed by atoms with Crippen LogP contribution in [-0.2, 0) is 6.42 Å². The maximum absolute atomic E-state index is 13.2. The molecule has 0 radical (unpaired) electrons. The van der Waals surface area contributed by atoms with Gasteiger partial charge in [0.1, 0.15) is 11.5 Å². The lowest BCUT2D eigenvalue weighted by Crippen LogP contribution is -2.39. The van der Waals surface area contributed by atoms with Crippen LogP contribution < -0.4 is 9.47 Å². The predicted octanol–water partition coefficient (Wildman–Crippen LogP) is 4.31. The number of carbonyl (C=O) groups excluding carboxylic acids is 1. The first-order valence-electron chi connectivity index (χ1n) is 8.28. The molecule has 1 amide bonds. The monoisotopic (exact) mass is 345 g/mol. The van der Waals surface area contributed by atoms with Crippen LogP contribution in [0.15, 0.2) is 29.6 Å². The average Bonchev–Trinajstić information content (AvgIpc) is 3.10. The molecule has 0 bridgehead atoms. The highest BCUT2D eigenvalue weighted by atomic mass is 32.1. The zero-order valence-electron chi connectivity index (χ0n) is 14.4. The van der Waals surface area contributed by atoms with Crippen molar-refractivity contribution in [2.75, 3.05) is 20.8 Å². The summed E-state index contributed by atoms with van der Waals surface area (Å²) in [6, 6.07) is 7.70. The van der Waals surface area contributed by atoms with Crippen molar-refractivity contribution >= 4 is 17.2 Å². The number of amides is 1. The quantitative estimate of drug-likeness (QED) is 0.811. The van der Waals surface area contributed by atoms with E-state index < -0.39 is 0 Å². The fourth-order valence-corrected chi connectivity index (χ4v) is 4.25. The summed E-state index contributed by atoms with van der Waals surface area (Å²) < 4.78 is 10.6. The van der Waals surface area contributed by atoms with Gasteiger partial charge in [-0.05, 0) is 42.0 Å². The molecule has 1 aliphatic rings. The number of hydrogen-bond acceptors (Lipinski definition) is 4. The molecular formula is C19H23NO3S. The fraction of sp³-hybridized carbons (Fsp3) is 0.421. The van der Waals surface area contributed by atoms with Crippen LogP contribution in [0.1, 0.15) is 46.6 Å². The number of hydrogen-bond donors (Lipinski definition) is 0. The van der Waals surface area contributed by atoms with E-state index in [1.807, 2.05) is 4.90 Å². The molecule has 3 rings (SSSR count). The maximum atomic E-state index is 13.2. The van der Waals surface area contributed by atoms with Crippen molar-refractivity contribution in [3.05, 3.63) is 45.6 Å². The van der Waals surface area contributed by atoms with E-state index in [2.05, 4.69) is 18.4 Å². The maximum Gasteiger partial charge on any atom is 0.254 e. The van der Waals surface area contributed by atoms with Gasteiger partial charge in [0, 0.05) is 23.1 Å². The molecule has 1 aromatic carbocycles. The number of rotatable bonds is 5. The van der Waals surface area contributed by atoms with E-state index in [0.717, 1.165) is 25.8 Å². The van der Waals surface area contributed by atoms with Crippen molar-refractivity contribution in [2.45, 2.75) is 32.2 Å². The number of benzene rings is 1. The van der Waals surface area contributed by atoms with Crippen LogP contribution >= 0.6 is 11.3 Å². The Hall–Kier alpha value is -2.01. The van der Waals surface area contributed by atoms with Crippen LogP contribution in [0.4, 0.5) is 0 Å². The van der Waals surface area contributed by atoms with E-state index in [-0.39, 0.29) is 11.9 Å². The Morgan fingerprint density at radius 2 is 1.96 bits per heavy atom. The van der Waals surface area contributed by atoms with Gasteiger partial charge >= 0.3 is 0 Å². The third kappa shape index (κ3) is 3.13. The van der Waals surface area contributed by atoms with Gasteiger partial charge in [0.05, 0.1) is 20.3 Å². The SMILES string of the molecule is CCC[C@@H]1c2ccsc2CCN1C(=O)c1cc(OC)cc(OC)c1. The second kappa shape index (κ2) is 7.26. The van der Waals surface area contributed by atoms with Gasteiger partial charge in [-0.1, -0.05) is 13.3 Å². The number of carbonyl (C=O) groups is 1. The van der Waals surface area contributed by atoms with Crippen molar-refractivity contribution in [1.29, 1.82) is 0 Å². The van der Waals surface area contributed by atoms with E-state index in [0.29, 0.717) is 17.1 Å². The first kappa shape index (κ1) is 16.8. The summed E-state index contributed by atoms with van der Waals surface area (Å²) in [7, 11) is 3.20. The Bertz CT molecular complexity index is 703. The Morgan fingerprint density at radius 1 is 1.25 bits per heavy atom. The van der Waals surface area contributed by atoms with Crippen molar-refractivity contribution in [2.24, 2.45) is 0 Å². The fourth-order valence-electron chi connectivity index (χ4n) is 3.32. The molecule has 5 heteroatoms. The molecule has 0 saturated carbocycles. The summed E-state index contributed by atoms with van der Waals surface area (Å²) in [5.41, 5.74) is 1.93. The third-order valence-corrected chi connectivity index (χ3v) is 5.51. The van der Waals surface area contributed by atoms with E-state index in [4.69, 9.17) is 9.47 Å². The van der Waals surface area contributed by atoms with Crippen LogP contribution in [0.5, 0.6) is 11.5 Å². The van der Waals surface area contributed by atoms with Gasteiger partial charge in [0.25, 0.3) is 5.91 Å². The number of methoxy groups -OCH3 is 2. The average molecular weight is 345 g/mol. The molecule has 0 aliphatic carbocycles. The normalized spacial score (nSPS) is 16.6. The molecule has 1 atom stereocenters. The lowest BCUT2D eigenvalue weighted by Gasteiger charge is -2.36. The minimum absolute atomic E-state index is 0.0440. The molecule has 0 fully saturated rings. The summed E-state index contributed by atoms with van der Waals surface area (Å²) >= 11 is 1.80. The minimum Gasteiger partial charge on any atom is -0.497 e. The molecule has 2 aromatic rings. The lowest BCUT2D eigenvalue weighted by atomic mass is 9.95. The zero-order chi connectivity index (χ0) is 17.1. The van der Waals surface area contributed by atoms with Gasteiger partial charge in [-0.3, -0.25) is 4.79 Å². The van der Waals surface area contributed by atoms with Crippen molar-refractivity contribution in [3.63, 3.8) is 0 Å². The highest BCUT2D eigenvalue weighted by Gasteiger charge is 2.31. The van der Waals surface area contributed by atoms with Crippen molar-refractivity contribution < 1.29 is 14.3 Å². The molecule has 0 N–H and O–H groups in total. The third-order valence-electron chi connectivity index (χ3n) is 4.52. The number of nitrogens with zero attached hydrogens (tertiary/aromatic N) is 1. The Morgan fingerprint density at radius 3 is 2.58 bits per heavy atom. The molecular weight excluding hydrogens is 322 g/mol. The molecule has 0 unspecified atom stereocenters. The smallest absolute Gasteiger partial charge is 0.254 e. The van der Waals surface area contributed by atoms with Crippen LogP contribution in [0, 0.1) is 0 Å². The molecule has 2 heterocycles. The largest absolute Gasteiger partial charge is 0.497 e. The van der Waals surface area contributed by atoms with E-state index >= 15 is 0 Å². The van der Waals surface area contributed by atoms with Crippen molar-refractivity contribution in [1.82, 2.24) is 4.90 Å². The van der Waals surface area contributed by atoms with E-state index in [1.54, 1.807) is 43.8 Å². The summed E-state index contributed by atoms with van der Waals surface area (Å²) in [5, 5.41) is 2.13. The second-order valence-electron chi connectivity index (χ2n) is 5.95. The standard InChI is InChI=1S/C19H23NO3S/c1-4-5-17-16-7-9-24-18(16)6-8-20(17)19(21)13-10-14(22-2)12-15(11-13)23-3/h7,9-12,17H,4-6,8H2,1-3H3/t17-/m1/s1. The van der Waals surface area contributed by atoms with Gasteiger partial charge in [0.15, 0.2) is 0 Å². The molecule has 1 aliphatic heterocycles. The van der Waals surface area contributed by atoms with Gasteiger partial charge in [0.2, 0.25) is 0 Å². The zero-order valence-corrected chi connectivity index (χ0v) is 15.2. The molecule has 0 saturated heterocycles. The molecule has 1 aromatic heterocycles. The number of ether oxygens (including phenoxy) is 2. The highest BCUT2D eigenvalue weighted by molar-refractivity contribution is 7.10. The van der Waals surface area contributed by atoms with Crippen LogP contribution in [-0.4, -0.2) is 31.6 Å². The predicted molar refractivity (Wildman–Crippen MR) is 96.3 cm³/mol. The summed E-state index contributed by atoms with van der Waals surface area (Å²) in [6.45, 7) is 2.93. The Kier molecular flexibility index (Phi) is 5.09.